The maximum absolute atomic E-state index is 12.2. The van der Waals surface area contributed by atoms with Gasteiger partial charge < -0.3 is 14.6 Å². The number of imidazole rings is 1. The van der Waals surface area contributed by atoms with E-state index in [2.05, 4.69) is 26.3 Å². The van der Waals surface area contributed by atoms with Crippen molar-refractivity contribution in [1.82, 2.24) is 19.2 Å². The van der Waals surface area contributed by atoms with E-state index in [1.54, 1.807) is 18.2 Å². The molecule has 0 unspecified atom stereocenters. The minimum absolute atomic E-state index is 0.0913. The molecule has 9 nitrogen and oxygen atoms in total. The van der Waals surface area contributed by atoms with E-state index in [9.17, 15) is 14.9 Å². The fourth-order valence-electron chi connectivity index (χ4n) is 3.67. The molecule has 3 heterocycles. The molecule has 156 valence electrons. The van der Waals surface area contributed by atoms with Crippen LogP contribution >= 0.6 is 0 Å². The Morgan fingerprint density at radius 2 is 1.80 bits per heavy atom. The molecule has 1 saturated heterocycles. The second-order valence-corrected chi connectivity index (χ2v) is 7.39. The molecule has 3 aromatic rings. The Kier molecular flexibility index (Phi) is 6.01. The zero-order valence-corrected chi connectivity index (χ0v) is 16.6. The van der Waals surface area contributed by atoms with Crippen LogP contribution in [0.1, 0.15) is 12.1 Å². The van der Waals surface area contributed by atoms with E-state index in [0.717, 1.165) is 44.1 Å². The van der Waals surface area contributed by atoms with Crippen LogP contribution in [0.5, 0.6) is 0 Å². The molecule has 1 amide bonds. The van der Waals surface area contributed by atoms with Crippen molar-refractivity contribution in [2.75, 3.05) is 38.0 Å². The number of nitro benzene ring substituents is 1. The first-order valence-corrected chi connectivity index (χ1v) is 9.99. The quantitative estimate of drug-likeness (QED) is 0.476. The molecule has 1 aliphatic rings. The first-order chi connectivity index (χ1) is 14.6. The molecule has 1 fully saturated rings. The highest BCUT2D eigenvalue weighted by atomic mass is 16.6. The van der Waals surface area contributed by atoms with Gasteiger partial charge in [-0.15, -0.1) is 0 Å². The maximum atomic E-state index is 12.2. The summed E-state index contributed by atoms with van der Waals surface area (Å²) in [5.74, 6) is -0.212. The largest absolute Gasteiger partial charge is 0.320 e. The van der Waals surface area contributed by atoms with Crippen molar-refractivity contribution in [3.8, 4) is 0 Å². The number of nitro groups is 1. The topological polar surface area (TPSA) is 96.0 Å². The van der Waals surface area contributed by atoms with Crippen LogP contribution in [0.25, 0.3) is 5.65 Å². The number of amides is 1. The molecule has 1 N–H and O–H groups in total. The molecule has 4 rings (SSSR count). The molecule has 2 aromatic heterocycles. The fraction of sp³-hybridized carbons (Fsp3) is 0.333. The van der Waals surface area contributed by atoms with Gasteiger partial charge in [0.25, 0.3) is 5.69 Å². The number of para-hydroxylation sites is 2. The molecule has 0 bridgehead atoms. The highest BCUT2D eigenvalue weighted by molar-refractivity contribution is 5.93. The lowest BCUT2D eigenvalue weighted by molar-refractivity contribution is -0.383. The van der Waals surface area contributed by atoms with Gasteiger partial charge in [0.1, 0.15) is 11.3 Å². The van der Waals surface area contributed by atoms with Gasteiger partial charge in [0.05, 0.1) is 10.6 Å². The maximum Gasteiger partial charge on any atom is 0.292 e. The molecule has 1 aromatic carbocycles. The summed E-state index contributed by atoms with van der Waals surface area (Å²) in [6.07, 6.45) is 4.37. The molecule has 0 aliphatic carbocycles. The average Bonchev–Trinajstić information content (AvgIpc) is 3.16. The third-order valence-electron chi connectivity index (χ3n) is 5.29. The van der Waals surface area contributed by atoms with Crippen molar-refractivity contribution in [3.05, 3.63) is 70.7 Å². The Balaban J connectivity index is 1.22. The smallest absolute Gasteiger partial charge is 0.292 e. The normalized spacial score (nSPS) is 15.3. The molecular formula is C21H24N6O3. The summed E-state index contributed by atoms with van der Waals surface area (Å²) in [5.41, 5.74) is 2.16. The number of piperazine rings is 1. The van der Waals surface area contributed by atoms with E-state index < -0.39 is 4.92 Å². The average molecular weight is 408 g/mol. The van der Waals surface area contributed by atoms with Gasteiger partial charge in [0.15, 0.2) is 0 Å². The van der Waals surface area contributed by atoms with E-state index in [1.807, 2.05) is 28.8 Å². The van der Waals surface area contributed by atoms with Gasteiger partial charge in [0, 0.05) is 64.1 Å². The Hall–Kier alpha value is -3.30. The lowest BCUT2D eigenvalue weighted by atomic mass is 10.2. The number of rotatable bonds is 7. The molecule has 30 heavy (non-hydrogen) atoms. The molecule has 0 saturated carbocycles. The Morgan fingerprint density at radius 1 is 1.07 bits per heavy atom. The summed E-state index contributed by atoms with van der Waals surface area (Å²) in [6, 6.07) is 12.2. The van der Waals surface area contributed by atoms with Crippen LogP contribution in [0, 0.1) is 10.1 Å². The predicted molar refractivity (Wildman–Crippen MR) is 113 cm³/mol. The highest BCUT2D eigenvalue weighted by Gasteiger charge is 2.19. The third-order valence-corrected chi connectivity index (χ3v) is 5.29. The fourth-order valence-corrected chi connectivity index (χ4v) is 3.67. The minimum Gasteiger partial charge on any atom is -0.320 e. The van der Waals surface area contributed by atoms with Crippen molar-refractivity contribution in [2.24, 2.45) is 0 Å². The number of benzene rings is 1. The van der Waals surface area contributed by atoms with Crippen molar-refractivity contribution in [3.63, 3.8) is 0 Å². The number of carbonyl (C=O) groups is 1. The van der Waals surface area contributed by atoms with Gasteiger partial charge >= 0.3 is 0 Å². The van der Waals surface area contributed by atoms with Crippen LogP contribution in [-0.2, 0) is 11.3 Å². The number of fused-ring (bicyclic) bond motifs is 1. The number of anilines is 1. The lowest BCUT2D eigenvalue weighted by Crippen LogP contribution is -2.46. The molecule has 0 spiro atoms. The van der Waals surface area contributed by atoms with E-state index in [-0.39, 0.29) is 17.3 Å². The predicted octanol–water partition coefficient (Wildman–Crippen LogP) is 2.39. The van der Waals surface area contributed by atoms with Crippen LogP contribution in [-0.4, -0.2) is 62.7 Å². The number of hydrogen-bond acceptors (Lipinski definition) is 6. The Bertz CT molecular complexity index is 1010. The summed E-state index contributed by atoms with van der Waals surface area (Å²) in [6.45, 7) is 5.04. The van der Waals surface area contributed by atoms with E-state index in [1.165, 1.54) is 6.07 Å². The van der Waals surface area contributed by atoms with E-state index >= 15 is 0 Å². The van der Waals surface area contributed by atoms with Crippen LogP contribution in [0.3, 0.4) is 0 Å². The van der Waals surface area contributed by atoms with E-state index in [0.29, 0.717) is 13.0 Å². The monoisotopic (exact) mass is 408 g/mol. The van der Waals surface area contributed by atoms with Gasteiger partial charge in [-0.3, -0.25) is 19.8 Å². The lowest BCUT2D eigenvalue weighted by Gasteiger charge is -2.34. The van der Waals surface area contributed by atoms with Gasteiger partial charge in [-0.1, -0.05) is 18.2 Å². The van der Waals surface area contributed by atoms with E-state index in [4.69, 9.17) is 0 Å². The summed E-state index contributed by atoms with van der Waals surface area (Å²) < 4.78 is 2.03. The van der Waals surface area contributed by atoms with Crippen molar-refractivity contribution in [1.29, 1.82) is 0 Å². The number of pyridine rings is 1. The number of carbonyl (C=O) groups excluding carboxylic acids is 1. The van der Waals surface area contributed by atoms with Gasteiger partial charge in [-0.05, 0) is 18.2 Å². The van der Waals surface area contributed by atoms with Gasteiger partial charge in [-0.25, -0.2) is 4.98 Å². The van der Waals surface area contributed by atoms with Crippen molar-refractivity contribution in [2.45, 2.75) is 13.0 Å². The van der Waals surface area contributed by atoms with Gasteiger partial charge in [0.2, 0.25) is 5.91 Å². The Morgan fingerprint density at radius 3 is 2.57 bits per heavy atom. The van der Waals surface area contributed by atoms with Crippen molar-refractivity contribution >= 4 is 22.9 Å². The third kappa shape index (κ3) is 4.81. The van der Waals surface area contributed by atoms with Crippen LogP contribution < -0.4 is 5.32 Å². The second kappa shape index (κ2) is 9.02. The standard InChI is InChI=1S/C21H24N6O3/c28-21(23-18-5-1-2-6-19(18)27(29)30)8-10-24-11-13-25(14-12-24)15-17-16-26-9-4-3-7-20(26)22-17/h1-7,9,16H,8,10-15H2,(H,23,28). The molecule has 0 radical (unpaired) electrons. The van der Waals surface area contributed by atoms with Crippen molar-refractivity contribution < 1.29 is 9.72 Å². The second-order valence-electron chi connectivity index (χ2n) is 7.39. The number of hydrogen-bond donors (Lipinski definition) is 1. The molecule has 9 heteroatoms. The summed E-state index contributed by atoms with van der Waals surface area (Å²) in [4.78, 5) is 32.1. The zero-order chi connectivity index (χ0) is 20.9. The zero-order valence-electron chi connectivity index (χ0n) is 16.6. The number of nitrogens with zero attached hydrogens (tertiary/aromatic N) is 5. The number of aromatic nitrogens is 2. The van der Waals surface area contributed by atoms with Gasteiger partial charge in [-0.2, -0.15) is 0 Å². The summed E-state index contributed by atoms with van der Waals surface area (Å²) in [7, 11) is 0. The Labute approximate surface area is 174 Å². The first kappa shape index (κ1) is 20.0. The van der Waals surface area contributed by atoms with Crippen LogP contribution in [0.15, 0.2) is 54.9 Å². The van der Waals surface area contributed by atoms with Crippen LogP contribution in [0.2, 0.25) is 0 Å². The summed E-state index contributed by atoms with van der Waals surface area (Å²) >= 11 is 0. The molecule has 1 aliphatic heterocycles. The molecular weight excluding hydrogens is 384 g/mol. The minimum atomic E-state index is -0.488. The molecule has 0 atom stereocenters. The highest BCUT2D eigenvalue weighted by Crippen LogP contribution is 2.23. The summed E-state index contributed by atoms with van der Waals surface area (Å²) in [5, 5.41) is 13.7. The van der Waals surface area contributed by atoms with Crippen LogP contribution in [0.4, 0.5) is 11.4 Å². The SMILES string of the molecule is O=C(CCN1CCN(Cc2cn3ccccc3n2)CC1)Nc1ccccc1[N+](=O)[O-]. The first-order valence-electron chi connectivity index (χ1n) is 9.99. The number of nitrogens with one attached hydrogen (secondary N) is 1.